The van der Waals surface area contributed by atoms with Gasteiger partial charge in [-0.25, -0.2) is 4.79 Å². The van der Waals surface area contributed by atoms with E-state index >= 15 is 0 Å². The molecule has 0 aliphatic heterocycles. The molecule has 0 atom stereocenters. The summed E-state index contributed by atoms with van der Waals surface area (Å²) in [6, 6.07) is 9.45. The molecule has 0 unspecified atom stereocenters. The van der Waals surface area contributed by atoms with E-state index in [0.717, 1.165) is 16.8 Å². The molecule has 3 nitrogen and oxygen atoms in total. The summed E-state index contributed by atoms with van der Waals surface area (Å²) in [5.74, 6) is -0.308. The van der Waals surface area contributed by atoms with Crippen molar-refractivity contribution in [3.63, 3.8) is 0 Å². The van der Waals surface area contributed by atoms with Gasteiger partial charge >= 0.3 is 5.97 Å². The second-order valence-electron chi connectivity index (χ2n) is 3.70. The first kappa shape index (κ1) is 12.4. The lowest BCUT2D eigenvalue weighted by molar-refractivity contribution is 0.0606. The molecule has 0 aliphatic carbocycles. The average molecular weight is 259 g/mol. The fraction of sp³-hybridized carbons (Fsp3) is 0.0714. The number of methoxy groups -OCH3 is 1. The van der Waals surface area contributed by atoms with E-state index in [1.807, 2.05) is 47.9 Å². The van der Waals surface area contributed by atoms with Crippen molar-refractivity contribution < 1.29 is 9.53 Å². The number of hydrogen-bond donors (Lipinski definition) is 1. The van der Waals surface area contributed by atoms with Crippen LogP contribution in [0.4, 0.5) is 5.69 Å². The summed E-state index contributed by atoms with van der Waals surface area (Å²) in [7, 11) is 1.38. The number of anilines is 1. The van der Waals surface area contributed by atoms with Crippen molar-refractivity contribution in [2.24, 2.45) is 0 Å². The van der Waals surface area contributed by atoms with Crippen LogP contribution in [0.15, 0.2) is 35.7 Å². The van der Waals surface area contributed by atoms with Gasteiger partial charge in [-0.05, 0) is 34.7 Å². The Balaban J connectivity index is 2.24. The number of thiophene rings is 1. The van der Waals surface area contributed by atoms with Crippen LogP contribution in [-0.2, 0) is 4.74 Å². The molecule has 1 aromatic carbocycles. The number of carbonyl (C=O) groups is 1. The summed E-state index contributed by atoms with van der Waals surface area (Å²) in [6.45, 7) is 0. The second kappa shape index (κ2) is 5.51. The first-order valence-corrected chi connectivity index (χ1v) is 6.28. The van der Waals surface area contributed by atoms with E-state index in [9.17, 15) is 4.79 Å². The van der Waals surface area contributed by atoms with Crippen LogP contribution in [0.5, 0.6) is 0 Å². The zero-order valence-electron chi connectivity index (χ0n) is 9.92. The van der Waals surface area contributed by atoms with Gasteiger partial charge in [-0.3, -0.25) is 0 Å². The van der Waals surface area contributed by atoms with Crippen LogP contribution in [-0.4, -0.2) is 13.1 Å². The second-order valence-corrected chi connectivity index (χ2v) is 4.62. The molecule has 0 saturated heterocycles. The zero-order valence-corrected chi connectivity index (χ0v) is 10.7. The Morgan fingerprint density at radius 2 is 2.17 bits per heavy atom. The number of esters is 1. The molecule has 2 N–H and O–H groups in total. The molecule has 0 radical (unpaired) electrons. The largest absolute Gasteiger partial charge is 0.465 e. The standard InChI is InChI=1S/C14H13NO2S/c1-17-14(16)13-11(7-8-18-13)6-5-10-3-2-4-12(15)9-10/h2-9H,15H2,1H3/b6-5+. The van der Waals surface area contributed by atoms with Crippen molar-refractivity contribution in [3.05, 3.63) is 51.7 Å². The molecule has 0 amide bonds. The average Bonchev–Trinajstić information content (AvgIpc) is 2.84. The Labute approximate surface area is 110 Å². The molecule has 1 heterocycles. The van der Waals surface area contributed by atoms with Crippen LogP contribution in [0.3, 0.4) is 0 Å². The maximum absolute atomic E-state index is 11.5. The number of rotatable bonds is 3. The number of nitrogens with two attached hydrogens (primary N) is 1. The minimum absolute atomic E-state index is 0.308. The quantitative estimate of drug-likeness (QED) is 0.679. The van der Waals surface area contributed by atoms with Crippen molar-refractivity contribution in [1.82, 2.24) is 0 Å². The third-order valence-electron chi connectivity index (χ3n) is 2.43. The van der Waals surface area contributed by atoms with E-state index in [2.05, 4.69) is 0 Å². The van der Waals surface area contributed by atoms with Crippen LogP contribution in [0, 0.1) is 0 Å². The fourth-order valence-electron chi connectivity index (χ4n) is 1.56. The van der Waals surface area contributed by atoms with Gasteiger partial charge in [0, 0.05) is 5.69 Å². The monoisotopic (exact) mass is 259 g/mol. The minimum atomic E-state index is -0.308. The van der Waals surface area contributed by atoms with Crippen LogP contribution in [0.25, 0.3) is 12.2 Å². The molecule has 0 bridgehead atoms. The molecular weight excluding hydrogens is 246 g/mol. The topological polar surface area (TPSA) is 52.3 Å². The molecule has 2 rings (SSSR count). The van der Waals surface area contributed by atoms with Crippen LogP contribution in [0.1, 0.15) is 20.8 Å². The normalized spacial score (nSPS) is 10.7. The summed E-state index contributed by atoms with van der Waals surface area (Å²) >= 11 is 1.37. The number of nitrogen functional groups attached to an aromatic ring is 1. The van der Waals surface area contributed by atoms with Gasteiger partial charge in [0.15, 0.2) is 0 Å². The first-order valence-electron chi connectivity index (χ1n) is 5.40. The highest BCUT2D eigenvalue weighted by molar-refractivity contribution is 7.12. The maximum Gasteiger partial charge on any atom is 0.348 e. The molecule has 0 fully saturated rings. The Bertz CT molecular complexity index is 587. The molecule has 0 spiro atoms. The highest BCUT2D eigenvalue weighted by atomic mass is 32.1. The predicted molar refractivity (Wildman–Crippen MR) is 75.4 cm³/mol. The van der Waals surface area contributed by atoms with Crippen LogP contribution < -0.4 is 5.73 Å². The smallest absolute Gasteiger partial charge is 0.348 e. The van der Waals surface area contributed by atoms with Crippen molar-refractivity contribution in [1.29, 1.82) is 0 Å². The third-order valence-corrected chi connectivity index (χ3v) is 3.34. The number of ether oxygens (including phenoxy) is 1. The summed E-state index contributed by atoms with van der Waals surface area (Å²) in [4.78, 5) is 12.1. The summed E-state index contributed by atoms with van der Waals surface area (Å²) in [5, 5.41) is 1.87. The highest BCUT2D eigenvalue weighted by Gasteiger charge is 2.10. The summed E-state index contributed by atoms with van der Waals surface area (Å²) in [5.41, 5.74) is 8.27. The van der Waals surface area contributed by atoms with Crippen molar-refractivity contribution >= 4 is 35.1 Å². The van der Waals surface area contributed by atoms with Gasteiger partial charge in [-0.2, -0.15) is 0 Å². The Morgan fingerprint density at radius 1 is 1.33 bits per heavy atom. The molecule has 0 saturated carbocycles. The van der Waals surface area contributed by atoms with Gasteiger partial charge in [0.05, 0.1) is 7.11 Å². The molecule has 1 aromatic heterocycles. The summed E-state index contributed by atoms with van der Waals surface area (Å²) in [6.07, 6.45) is 3.81. The summed E-state index contributed by atoms with van der Waals surface area (Å²) < 4.78 is 4.72. The third kappa shape index (κ3) is 2.78. The van der Waals surface area contributed by atoms with E-state index < -0.39 is 0 Å². The Kier molecular flexibility index (Phi) is 3.79. The number of benzene rings is 1. The molecular formula is C14H13NO2S. The Hall–Kier alpha value is -2.07. The molecule has 92 valence electrons. The number of carbonyl (C=O) groups excluding carboxylic acids is 1. The van der Waals surface area contributed by atoms with E-state index in [4.69, 9.17) is 10.5 Å². The minimum Gasteiger partial charge on any atom is -0.465 e. The maximum atomic E-state index is 11.5. The fourth-order valence-corrected chi connectivity index (χ4v) is 2.36. The molecule has 4 heteroatoms. The lowest BCUT2D eigenvalue weighted by Crippen LogP contribution is -1.99. The molecule has 18 heavy (non-hydrogen) atoms. The highest BCUT2D eigenvalue weighted by Crippen LogP contribution is 2.20. The van der Waals surface area contributed by atoms with Crippen molar-refractivity contribution in [3.8, 4) is 0 Å². The van der Waals surface area contributed by atoms with E-state index in [-0.39, 0.29) is 5.97 Å². The van der Waals surface area contributed by atoms with E-state index in [1.54, 1.807) is 0 Å². The van der Waals surface area contributed by atoms with Crippen LogP contribution in [0.2, 0.25) is 0 Å². The van der Waals surface area contributed by atoms with Gasteiger partial charge in [0.2, 0.25) is 0 Å². The van der Waals surface area contributed by atoms with Gasteiger partial charge in [-0.15, -0.1) is 11.3 Å². The molecule has 2 aromatic rings. The van der Waals surface area contributed by atoms with E-state index in [0.29, 0.717) is 4.88 Å². The van der Waals surface area contributed by atoms with Crippen molar-refractivity contribution in [2.75, 3.05) is 12.8 Å². The Morgan fingerprint density at radius 3 is 2.89 bits per heavy atom. The van der Waals surface area contributed by atoms with Gasteiger partial charge in [0.25, 0.3) is 0 Å². The zero-order chi connectivity index (χ0) is 13.0. The lowest BCUT2D eigenvalue weighted by Gasteiger charge is -1.98. The van der Waals surface area contributed by atoms with Crippen molar-refractivity contribution in [2.45, 2.75) is 0 Å². The SMILES string of the molecule is COC(=O)c1sccc1/C=C/c1cccc(N)c1. The first-order chi connectivity index (χ1) is 8.70. The number of hydrogen-bond acceptors (Lipinski definition) is 4. The van der Waals surface area contributed by atoms with Gasteiger partial charge in [-0.1, -0.05) is 24.3 Å². The van der Waals surface area contributed by atoms with Gasteiger partial charge in [0.1, 0.15) is 4.88 Å². The predicted octanol–water partition coefficient (Wildman–Crippen LogP) is 3.29. The lowest BCUT2D eigenvalue weighted by atomic mass is 10.1. The molecule has 0 aliphatic rings. The van der Waals surface area contributed by atoms with Gasteiger partial charge < -0.3 is 10.5 Å². The van der Waals surface area contributed by atoms with Crippen LogP contribution >= 0.6 is 11.3 Å². The van der Waals surface area contributed by atoms with E-state index in [1.165, 1.54) is 18.4 Å².